The van der Waals surface area contributed by atoms with E-state index in [0.717, 1.165) is 5.39 Å². The fourth-order valence-corrected chi connectivity index (χ4v) is 7.13. The molecule has 0 amide bonds. The summed E-state index contributed by atoms with van der Waals surface area (Å²) in [6, 6.07) is 10.1. The number of para-hydroxylation sites is 1. The number of pyridine rings is 1. The number of hydrogen-bond acceptors (Lipinski definition) is 11. The maximum absolute atomic E-state index is 13.4. The minimum Gasteiger partial charge on any atom is -0.384 e. The lowest BCUT2D eigenvalue weighted by Crippen LogP contribution is -2.46. The molecule has 4 aromatic rings. The SMILES string of the molecule is Nc1ccc2cccc(-c3ccc(S(=O)(=O)N[C@@H]4CNC[C@@H]4N)c(S(N)(=O)=O)c3-c3nn[nH]n3)c2n1. The molecule has 1 saturated heterocycles. The molecule has 2 atom stereocenters. The molecule has 2 aromatic heterocycles. The molecule has 1 aliphatic rings. The molecule has 0 spiro atoms. The molecule has 1 fully saturated rings. The number of sulfonamides is 2. The smallest absolute Gasteiger partial charge is 0.242 e. The third kappa shape index (κ3) is 4.29. The van der Waals surface area contributed by atoms with Crippen LogP contribution in [-0.4, -0.2) is 67.6 Å². The first-order valence-electron chi connectivity index (χ1n) is 10.6. The Morgan fingerprint density at radius 1 is 1.00 bits per heavy atom. The lowest BCUT2D eigenvalue weighted by Gasteiger charge is -2.20. The number of aromatic amines is 1. The minimum atomic E-state index is -4.65. The fraction of sp³-hybridized carbons (Fsp3) is 0.200. The molecular weight excluding hydrogens is 508 g/mol. The first-order chi connectivity index (χ1) is 17.1. The van der Waals surface area contributed by atoms with Crippen LogP contribution in [0.2, 0.25) is 0 Å². The number of aromatic nitrogens is 5. The van der Waals surface area contributed by atoms with Crippen molar-refractivity contribution in [2.75, 3.05) is 18.8 Å². The van der Waals surface area contributed by atoms with Crippen molar-refractivity contribution in [2.45, 2.75) is 21.9 Å². The van der Waals surface area contributed by atoms with Crippen LogP contribution in [0.4, 0.5) is 5.82 Å². The Morgan fingerprint density at radius 3 is 2.47 bits per heavy atom. The van der Waals surface area contributed by atoms with Crippen molar-refractivity contribution in [3.63, 3.8) is 0 Å². The predicted molar refractivity (Wildman–Crippen MR) is 131 cm³/mol. The molecule has 188 valence electrons. The third-order valence-corrected chi connectivity index (χ3v) is 8.52. The van der Waals surface area contributed by atoms with Crippen LogP contribution in [0.25, 0.3) is 33.4 Å². The topological polar surface area (TPSA) is 238 Å². The molecule has 0 radical (unpaired) electrons. The van der Waals surface area contributed by atoms with Gasteiger partial charge in [0.15, 0.2) is 0 Å². The van der Waals surface area contributed by atoms with Gasteiger partial charge in [0, 0.05) is 30.1 Å². The Kier molecular flexibility index (Phi) is 5.93. The van der Waals surface area contributed by atoms with Crippen LogP contribution in [0.5, 0.6) is 0 Å². The summed E-state index contributed by atoms with van der Waals surface area (Å²) >= 11 is 0. The van der Waals surface area contributed by atoms with E-state index in [0.29, 0.717) is 17.6 Å². The van der Waals surface area contributed by atoms with Crippen LogP contribution in [0.1, 0.15) is 0 Å². The lowest BCUT2D eigenvalue weighted by molar-refractivity contribution is 0.536. The van der Waals surface area contributed by atoms with E-state index >= 15 is 0 Å². The molecule has 0 aliphatic carbocycles. The number of rotatable bonds is 6. The molecule has 3 heterocycles. The minimum absolute atomic E-state index is 0.153. The highest BCUT2D eigenvalue weighted by molar-refractivity contribution is 7.92. The average molecular weight is 531 g/mol. The average Bonchev–Trinajstić information content (AvgIpc) is 3.49. The molecule has 0 bridgehead atoms. The molecule has 16 heteroatoms. The molecule has 36 heavy (non-hydrogen) atoms. The number of tetrazole rings is 1. The Labute approximate surface area is 205 Å². The number of hydrogen-bond donors (Lipinski definition) is 6. The van der Waals surface area contributed by atoms with E-state index in [-0.39, 0.29) is 29.3 Å². The number of benzene rings is 2. The first-order valence-corrected chi connectivity index (χ1v) is 13.7. The van der Waals surface area contributed by atoms with Gasteiger partial charge in [-0.15, -0.1) is 10.2 Å². The van der Waals surface area contributed by atoms with Crippen molar-refractivity contribution in [3.8, 4) is 22.5 Å². The number of fused-ring (bicyclic) bond motifs is 1. The summed E-state index contributed by atoms with van der Waals surface area (Å²) in [5.74, 6) is 0.0684. The van der Waals surface area contributed by atoms with Crippen LogP contribution in [0.3, 0.4) is 0 Å². The zero-order valence-corrected chi connectivity index (χ0v) is 20.2. The van der Waals surface area contributed by atoms with E-state index < -0.39 is 41.9 Å². The van der Waals surface area contributed by atoms with Gasteiger partial charge in [-0.2, -0.15) is 5.21 Å². The highest BCUT2D eigenvalue weighted by atomic mass is 32.2. The van der Waals surface area contributed by atoms with Gasteiger partial charge in [0.25, 0.3) is 0 Å². The Hall–Kier alpha value is -3.54. The van der Waals surface area contributed by atoms with Crippen molar-refractivity contribution in [1.29, 1.82) is 0 Å². The molecule has 2 aromatic carbocycles. The number of anilines is 1. The quantitative estimate of drug-likeness (QED) is 0.175. The largest absolute Gasteiger partial charge is 0.384 e. The number of H-pyrrole nitrogens is 1. The summed E-state index contributed by atoms with van der Waals surface area (Å²) in [6.07, 6.45) is 0. The molecule has 0 unspecified atom stereocenters. The molecule has 0 saturated carbocycles. The second kappa shape index (κ2) is 8.84. The third-order valence-electron chi connectivity index (χ3n) is 5.86. The molecule has 5 rings (SSSR count). The van der Waals surface area contributed by atoms with E-state index in [4.69, 9.17) is 16.6 Å². The number of nitrogens with one attached hydrogen (secondary N) is 3. The summed E-state index contributed by atoms with van der Waals surface area (Å²) in [7, 11) is -9.05. The van der Waals surface area contributed by atoms with Crippen molar-refractivity contribution < 1.29 is 16.8 Å². The van der Waals surface area contributed by atoms with Gasteiger partial charge >= 0.3 is 0 Å². The molecule has 1 aliphatic heterocycles. The fourth-order valence-electron chi connectivity index (χ4n) is 4.24. The second-order valence-electron chi connectivity index (χ2n) is 8.26. The number of primary sulfonamides is 1. The van der Waals surface area contributed by atoms with Gasteiger partial charge in [0.2, 0.25) is 25.9 Å². The van der Waals surface area contributed by atoms with E-state index in [1.54, 1.807) is 24.3 Å². The van der Waals surface area contributed by atoms with Crippen molar-refractivity contribution in [2.24, 2.45) is 10.9 Å². The lowest BCUT2D eigenvalue weighted by atomic mass is 9.96. The molecule has 14 nitrogen and oxygen atoms in total. The zero-order valence-electron chi connectivity index (χ0n) is 18.6. The maximum Gasteiger partial charge on any atom is 0.242 e. The highest BCUT2D eigenvalue weighted by Crippen LogP contribution is 2.40. The van der Waals surface area contributed by atoms with Crippen LogP contribution in [0, 0.1) is 0 Å². The summed E-state index contributed by atoms with van der Waals surface area (Å²) < 4.78 is 55.2. The monoisotopic (exact) mass is 530 g/mol. The Morgan fingerprint density at radius 2 is 1.81 bits per heavy atom. The highest BCUT2D eigenvalue weighted by Gasteiger charge is 2.35. The Bertz CT molecular complexity index is 1670. The maximum atomic E-state index is 13.4. The van der Waals surface area contributed by atoms with Crippen LogP contribution < -0.4 is 26.6 Å². The van der Waals surface area contributed by atoms with Crippen molar-refractivity contribution in [1.82, 2.24) is 35.6 Å². The summed E-state index contributed by atoms with van der Waals surface area (Å²) in [5, 5.41) is 22.9. The van der Waals surface area contributed by atoms with Crippen LogP contribution in [0.15, 0.2) is 52.3 Å². The molecular formula is C20H22N10O4S2. The van der Waals surface area contributed by atoms with Gasteiger partial charge in [-0.05, 0) is 29.0 Å². The van der Waals surface area contributed by atoms with E-state index in [9.17, 15) is 16.8 Å². The second-order valence-corrected chi connectivity index (χ2v) is 11.4. The number of nitrogens with two attached hydrogens (primary N) is 3. The van der Waals surface area contributed by atoms with Gasteiger partial charge in [0.05, 0.1) is 17.1 Å². The van der Waals surface area contributed by atoms with Gasteiger partial charge in [-0.3, -0.25) is 0 Å². The van der Waals surface area contributed by atoms with Gasteiger partial charge in [-0.1, -0.05) is 24.3 Å². The normalized spacial score (nSPS) is 18.6. The van der Waals surface area contributed by atoms with Crippen LogP contribution >= 0.6 is 0 Å². The van der Waals surface area contributed by atoms with E-state index in [2.05, 4.69) is 35.6 Å². The standard InChI is InChI=1S/C20H22N10O4S2/c21-13-8-24-9-14(13)28-36(33,34)15-6-5-11(12-3-1-2-10-4-7-16(22)25-18(10)12)17(19(15)35(23,31)32)20-26-29-30-27-20/h1-7,13-14,24,28H,8-9,21H2,(H2,22,25)(H2,23,31,32)(H,26,27,29,30)/t13-,14+/m0/s1. The summed E-state index contributed by atoms with van der Waals surface area (Å²) in [5.41, 5.74) is 12.9. The summed E-state index contributed by atoms with van der Waals surface area (Å²) in [4.78, 5) is 3.14. The van der Waals surface area contributed by atoms with E-state index in [1.165, 1.54) is 12.1 Å². The molecule has 9 N–H and O–H groups in total. The Balaban J connectivity index is 1.83. The van der Waals surface area contributed by atoms with Crippen molar-refractivity contribution >= 4 is 36.8 Å². The summed E-state index contributed by atoms with van der Waals surface area (Å²) in [6.45, 7) is 0.684. The van der Waals surface area contributed by atoms with E-state index in [1.807, 2.05) is 6.07 Å². The number of nitrogen functional groups attached to an aromatic ring is 1. The zero-order chi connectivity index (χ0) is 25.7. The van der Waals surface area contributed by atoms with Crippen LogP contribution in [-0.2, 0) is 20.0 Å². The predicted octanol–water partition coefficient (Wildman–Crippen LogP) is -1.11. The first kappa shape index (κ1) is 24.2. The van der Waals surface area contributed by atoms with Gasteiger partial charge < -0.3 is 16.8 Å². The number of nitrogens with zero attached hydrogens (tertiary/aromatic N) is 4. The van der Waals surface area contributed by atoms with Gasteiger partial charge in [0.1, 0.15) is 15.6 Å². The van der Waals surface area contributed by atoms with Crippen molar-refractivity contribution in [3.05, 3.63) is 42.5 Å². The van der Waals surface area contributed by atoms with Gasteiger partial charge in [-0.25, -0.2) is 31.7 Å².